The highest BCUT2D eigenvalue weighted by atomic mass is 16.5. The number of H-pyrrole nitrogens is 1. The molecule has 3 aromatic rings. The number of rotatable bonds is 6. The van der Waals surface area contributed by atoms with E-state index in [4.69, 9.17) is 4.74 Å². The molecule has 192 valence electrons. The Hall–Kier alpha value is -3.69. The Morgan fingerprint density at radius 3 is 2.65 bits per heavy atom. The number of carbonyl (C=O) groups excluding carboxylic acids is 3. The van der Waals surface area contributed by atoms with Crippen molar-refractivity contribution in [3.8, 4) is 0 Å². The fraction of sp³-hybridized carbons (Fsp3) is 0.393. The topological polar surface area (TPSA) is 98.0 Å². The summed E-state index contributed by atoms with van der Waals surface area (Å²) in [5, 5.41) is 4.05. The van der Waals surface area contributed by atoms with Gasteiger partial charge < -0.3 is 19.9 Å². The van der Waals surface area contributed by atoms with Crippen LogP contribution < -0.4 is 10.2 Å². The third-order valence-corrected chi connectivity index (χ3v) is 7.90. The lowest BCUT2D eigenvalue weighted by Crippen LogP contribution is -2.49. The van der Waals surface area contributed by atoms with Gasteiger partial charge in [0.1, 0.15) is 0 Å². The summed E-state index contributed by atoms with van der Waals surface area (Å²) in [6, 6.07) is 14.4. The molecule has 6 rings (SSSR count). The van der Waals surface area contributed by atoms with E-state index < -0.39 is 11.6 Å². The van der Waals surface area contributed by atoms with Gasteiger partial charge in [-0.15, -0.1) is 0 Å². The number of imide groups is 1. The number of nitrogens with one attached hydrogen (secondary N) is 2. The van der Waals surface area contributed by atoms with Crippen LogP contribution in [0.3, 0.4) is 0 Å². The highest BCUT2D eigenvalue weighted by Crippen LogP contribution is 2.45. The molecule has 9 nitrogen and oxygen atoms in total. The lowest BCUT2D eigenvalue weighted by molar-refractivity contribution is -0.125. The summed E-state index contributed by atoms with van der Waals surface area (Å²) in [6.07, 6.45) is 1.47. The molecule has 0 saturated carbocycles. The average Bonchev–Trinajstić information content (AvgIpc) is 3.40. The van der Waals surface area contributed by atoms with Crippen LogP contribution in [0, 0.1) is 0 Å². The van der Waals surface area contributed by atoms with E-state index in [9.17, 15) is 14.4 Å². The van der Waals surface area contributed by atoms with Crippen molar-refractivity contribution in [2.45, 2.75) is 25.3 Å². The van der Waals surface area contributed by atoms with Gasteiger partial charge in [0.25, 0.3) is 11.8 Å². The Morgan fingerprint density at radius 2 is 1.81 bits per heavy atom. The van der Waals surface area contributed by atoms with Crippen molar-refractivity contribution < 1.29 is 19.1 Å². The minimum absolute atomic E-state index is 0.292. The summed E-state index contributed by atoms with van der Waals surface area (Å²) in [7, 11) is 0. The van der Waals surface area contributed by atoms with E-state index in [1.165, 1.54) is 4.90 Å². The van der Waals surface area contributed by atoms with E-state index in [0.717, 1.165) is 61.4 Å². The van der Waals surface area contributed by atoms with Crippen LogP contribution in [0.1, 0.15) is 35.0 Å². The number of morpholine rings is 1. The lowest BCUT2D eigenvalue weighted by Gasteiger charge is -2.35. The van der Waals surface area contributed by atoms with Gasteiger partial charge in [-0.1, -0.05) is 30.3 Å². The van der Waals surface area contributed by atoms with E-state index >= 15 is 0 Å². The van der Waals surface area contributed by atoms with Crippen molar-refractivity contribution in [2.24, 2.45) is 0 Å². The maximum atomic E-state index is 14.0. The van der Waals surface area contributed by atoms with E-state index in [1.807, 2.05) is 24.3 Å². The maximum absolute atomic E-state index is 14.0. The normalized spacial score (nSPS) is 21.9. The third-order valence-electron chi connectivity index (χ3n) is 7.90. The van der Waals surface area contributed by atoms with Crippen molar-refractivity contribution in [3.63, 3.8) is 0 Å². The molecule has 0 radical (unpaired) electrons. The number of hydrogen-bond acceptors (Lipinski definition) is 5. The van der Waals surface area contributed by atoms with Gasteiger partial charge >= 0.3 is 6.03 Å². The minimum atomic E-state index is -1.16. The van der Waals surface area contributed by atoms with Crippen LogP contribution in [0.5, 0.6) is 0 Å². The number of ether oxygens (including phenoxy) is 1. The van der Waals surface area contributed by atoms with Crippen molar-refractivity contribution in [1.29, 1.82) is 0 Å². The second-order valence-corrected chi connectivity index (χ2v) is 10.0. The van der Waals surface area contributed by atoms with Crippen LogP contribution in [0.2, 0.25) is 0 Å². The van der Waals surface area contributed by atoms with Gasteiger partial charge in [-0.25, -0.2) is 9.69 Å². The molecule has 2 N–H and O–H groups in total. The molecule has 0 aliphatic carbocycles. The van der Waals surface area contributed by atoms with E-state index in [0.29, 0.717) is 30.8 Å². The lowest BCUT2D eigenvalue weighted by atomic mass is 9.87. The number of aromatic amines is 1. The van der Waals surface area contributed by atoms with Crippen LogP contribution in [-0.4, -0.2) is 78.6 Å². The van der Waals surface area contributed by atoms with Gasteiger partial charge in [0.15, 0.2) is 5.54 Å². The van der Waals surface area contributed by atoms with Gasteiger partial charge in [0, 0.05) is 37.1 Å². The van der Waals surface area contributed by atoms with Crippen LogP contribution in [0.4, 0.5) is 10.5 Å². The van der Waals surface area contributed by atoms with Crippen LogP contribution in [-0.2, 0) is 21.5 Å². The molecule has 0 bridgehead atoms. The quantitative estimate of drug-likeness (QED) is 0.400. The molecular formula is C28H31N5O4. The van der Waals surface area contributed by atoms with Gasteiger partial charge in [0.05, 0.1) is 30.2 Å². The predicted molar refractivity (Wildman–Crippen MR) is 140 cm³/mol. The summed E-state index contributed by atoms with van der Waals surface area (Å²) in [5.41, 5.74) is 2.25. The maximum Gasteiger partial charge on any atom is 0.332 e. The van der Waals surface area contributed by atoms with Gasteiger partial charge in [-0.3, -0.25) is 14.5 Å². The smallest absolute Gasteiger partial charge is 0.332 e. The standard InChI is InChI=1S/C28H31N5O4/c1-28-24-20(19-7-2-4-9-22(19)30-24)11-14-32(28)27(36)33(26(28)35)23-10-5-3-8-21(23)25(34)29-12-6-13-31-15-17-37-18-16-31/h2-5,7-10,30H,6,11-18H2,1H3,(H,29,34). The van der Waals surface area contributed by atoms with Crippen LogP contribution in [0.25, 0.3) is 10.9 Å². The molecule has 2 fully saturated rings. The molecule has 4 heterocycles. The predicted octanol–water partition coefficient (Wildman–Crippen LogP) is 2.86. The monoisotopic (exact) mass is 501 g/mol. The summed E-state index contributed by atoms with van der Waals surface area (Å²) in [5.74, 6) is -0.642. The van der Waals surface area contributed by atoms with Crippen molar-refractivity contribution in [3.05, 3.63) is 65.4 Å². The summed E-state index contributed by atoms with van der Waals surface area (Å²) in [4.78, 5) is 49.4. The first-order valence-electron chi connectivity index (χ1n) is 12.9. The molecule has 37 heavy (non-hydrogen) atoms. The summed E-state index contributed by atoms with van der Waals surface area (Å²) in [6.45, 7) is 6.92. The zero-order valence-electron chi connectivity index (χ0n) is 21.0. The number of para-hydroxylation sites is 2. The highest BCUT2D eigenvalue weighted by Gasteiger charge is 2.59. The first-order valence-corrected chi connectivity index (χ1v) is 12.9. The number of urea groups is 1. The first kappa shape index (κ1) is 23.7. The Labute approximate surface area is 215 Å². The average molecular weight is 502 g/mol. The Kier molecular flexibility index (Phi) is 5.97. The second kappa shape index (κ2) is 9.32. The number of nitrogens with zero attached hydrogens (tertiary/aromatic N) is 3. The number of benzene rings is 2. The fourth-order valence-corrected chi connectivity index (χ4v) is 5.89. The summed E-state index contributed by atoms with van der Waals surface area (Å²) < 4.78 is 5.38. The number of fused-ring (bicyclic) bond motifs is 5. The van der Waals surface area contributed by atoms with Crippen molar-refractivity contribution >= 4 is 34.4 Å². The SMILES string of the molecule is CC12C(=O)N(c3ccccc3C(=O)NCCCN3CCOCC3)C(=O)N1CCc1c2[nH]c2ccccc12. The Bertz CT molecular complexity index is 1380. The second-order valence-electron chi connectivity index (χ2n) is 10.0. The fourth-order valence-electron chi connectivity index (χ4n) is 5.89. The molecule has 1 unspecified atom stereocenters. The zero-order valence-corrected chi connectivity index (χ0v) is 21.0. The van der Waals surface area contributed by atoms with Crippen LogP contribution >= 0.6 is 0 Å². The van der Waals surface area contributed by atoms with E-state index in [1.54, 1.807) is 36.1 Å². The number of anilines is 1. The number of hydrogen-bond donors (Lipinski definition) is 2. The molecular weight excluding hydrogens is 470 g/mol. The van der Waals surface area contributed by atoms with Crippen molar-refractivity contribution in [1.82, 2.24) is 20.1 Å². The molecule has 2 saturated heterocycles. The van der Waals surface area contributed by atoms with Crippen molar-refractivity contribution in [2.75, 3.05) is 50.8 Å². The molecule has 9 heteroatoms. The van der Waals surface area contributed by atoms with Gasteiger partial charge in [-0.05, 0) is 50.1 Å². The Morgan fingerprint density at radius 1 is 1.05 bits per heavy atom. The number of carbonyl (C=O) groups is 3. The zero-order chi connectivity index (χ0) is 25.6. The molecule has 2 aromatic carbocycles. The third kappa shape index (κ3) is 3.81. The van der Waals surface area contributed by atoms with Gasteiger partial charge in [-0.2, -0.15) is 0 Å². The highest BCUT2D eigenvalue weighted by molar-refractivity contribution is 6.25. The minimum Gasteiger partial charge on any atom is -0.379 e. The Balaban J connectivity index is 1.25. The molecule has 3 aliphatic rings. The van der Waals surface area contributed by atoms with E-state index in [2.05, 4.69) is 15.2 Å². The van der Waals surface area contributed by atoms with Crippen LogP contribution in [0.15, 0.2) is 48.5 Å². The molecule has 4 amide bonds. The number of aromatic nitrogens is 1. The van der Waals surface area contributed by atoms with E-state index in [-0.39, 0.29) is 11.8 Å². The molecule has 0 spiro atoms. The summed E-state index contributed by atoms with van der Waals surface area (Å²) >= 11 is 0. The first-order chi connectivity index (χ1) is 18.0. The largest absolute Gasteiger partial charge is 0.379 e. The molecule has 3 aliphatic heterocycles. The van der Waals surface area contributed by atoms with Gasteiger partial charge in [0.2, 0.25) is 0 Å². The molecule has 1 aromatic heterocycles. The number of amides is 4. The molecule has 1 atom stereocenters.